The number of ether oxygens (including phenoxy) is 1. The standard InChI is InChI=1S/C23H29NO3/c25-23(26)16-18-24-17-7-11-21-12-14-22(15-13-21)27-19-6-2-5-10-20-8-3-1-4-9-20/h1,3-4,7-9,11-15,24H,2,5-6,10,16-19H2,(H,25,26). The molecule has 0 aromatic heterocycles. The highest BCUT2D eigenvalue weighted by Gasteiger charge is 1.96. The molecule has 0 aliphatic heterocycles. The maximum absolute atomic E-state index is 10.4. The van der Waals surface area contributed by atoms with Crippen molar-refractivity contribution in [2.24, 2.45) is 0 Å². The molecule has 144 valence electrons. The number of rotatable bonds is 13. The van der Waals surface area contributed by atoms with Gasteiger partial charge in [-0.15, -0.1) is 0 Å². The topological polar surface area (TPSA) is 58.6 Å². The van der Waals surface area contributed by atoms with E-state index >= 15 is 0 Å². The highest BCUT2D eigenvalue weighted by atomic mass is 16.5. The highest BCUT2D eigenvalue weighted by Crippen LogP contribution is 2.14. The Morgan fingerprint density at radius 3 is 2.52 bits per heavy atom. The maximum atomic E-state index is 10.4. The first-order chi connectivity index (χ1) is 13.2. The lowest BCUT2D eigenvalue weighted by Crippen LogP contribution is -2.17. The molecular formula is C23H29NO3. The van der Waals surface area contributed by atoms with Gasteiger partial charge in [0.15, 0.2) is 0 Å². The Bertz CT molecular complexity index is 681. The lowest BCUT2D eigenvalue weighted by atomic mass is 10.1. The third-order valence-corrected chi connectivity index (χ3v) is 4.19. The van der Waals surface area contributed by atoms with Gasteiger partial charge in [0.2, 0.25) is 0 Å². The Morgan fingerprint density at radius 2 is 1.78 bits per heavy atom. The van der Waals surface area contributed by atoms with Crippen molar-refractivity contribution in [2.75, 3.05) is 19.7 Å². The lowest BCUT2D eigenvalue weighted by molar-refractivity contribution is -0.136. The monoisotopic (exact) mass is 367 g/mol. The molecule has 2 N–H and O–H groups in total. The first kappa shape index (κ1) is 20.7. The van der Waals surface area contributed by atoms with Crippen molar-refractivity contribution >= 4 is 12.0 Å². The minimum absolute atomic E-state index is 0.145. The fraction of sp³-hybridized carbons (Fsp3) is 0.348. The van der Waals surface area contributed by atoms with Crippen LogP contribution in [0, 0.1) is 0 Å². The van der Waals surface area contributed by atoms with E-state index in [-0.39, 0.29) is 6.42 Å². The third-order valence-electron chi connectivity index (χ3n) is 4.19. The lowest BCUT2D eigenvalue weighted by Gasteiger charge is -2.06. The molecule has 0 radical (unpaired) electrons. The average Bonchev–Trinajstić information content (AvgIpc) is 2.69. The predicted molar refractivity (Wildman–Crippen MR) is 110 cm³/mol. The van der Waals surface area contributed by atoms with Crippen LogP contribution in [0.4, 0.5) is 0 Å². The van der Waals surface area contributed by atoms with Crippen LogP contribution in [-0.2, 0) is 11.2 Å². The molecule has 0 aliphatic carbocycles. The summed E-state index contributed by atoms with van der Waals surface area (Å²) in [6.07, 6.45) is 8.71. The smallest absolute Gasteiger partial charge is 0.304 e. The normalized spacial score (nSPS) is 11.0. The van der Waals surface area contributed by atoms with Gasteiger partial charge in [-0.05, 0) is 48.9 Å². The van der Waals surface area contributed by atoms with Gasteiger partial charge in [-0.2, -0.15) is 0 Å². The van der Waals surface area contributed by atoms with Gasteiger partial charge in [0.25, 0.3) is 0 Å². The number of benzene rings is 2. The fourth-order valence-electron chi connectivity index (χ4n) is 2.69. The second-order valence-corrected chi connectivity index (χ2v) is 6.46. The number of hydrogen-bond acceptors (Lipinski definition) is 3. The Balaban J connectivity index is 1.55. The van der Waals surface area contributed by atoms with Crippen LogP contribution < -0.4 is 10.1 Å². The largest absolute Gasteiger partial charge is 0.494 e. The summed E-state index contributed by atoms with van der Waals surface area (Å²) in [5.41, 5.74) is 2.50. The summed E-state index contributed by atoms with van der Waals surface area (Å²) >= 11 is 0. The van der Waals surface area contributed by atoms with Crippen LogP contribution in [0.15, 0.2) is 60.7 Å². The van der Waals surface area contributed by atoms with Crippen LogP contribution in [-0.4, -0.2) is 30.8 Å². The van der Waals surface area contributed by atoms with E-state index in [9.17, 15) is 4.79 Å². The van der Waals surface area contributed by atoms with Gasteiger partial charge in [-0.1, -0.05) is 54.6 Å². The molecule has 0 saturated heterocycles. The minimum Gasteiger partial charge on any atom is -0.494 e. The van der Waals surface area contributed by atoms with Gasteiger partial charge in [0, 0.05) is 13.1 Å². The van der Waals surface area contributed by atoms with Gasteiger partial charge in [0.05, 0.1) is 13.0 Å². The van der Waals surface area contributed by atoms with Crippen LogP contribution in [0.25, 0.3) is 6.08 Å². The molecule has 0 saturated carbocycles. The molecule has 2 aromatic rings. The number of carbonyl (C=O) groups is 1. The number of carboxylic acid groups (broad SMARTS) is 1. The Kier molecular flexibility index (Phi) is 9.76. The molecule has 0 heterocycles. The van der Waals surface area contributed by atoms with Gasteiger partial charge in [-0.25, -0.2) is 0 Å². The number of unbranched alkanes of at least 4 members (excludes halogenated alkanes) is 2. The first-order valence-electron chi connectivity index (χ1n) is 9.60. The van der Waals surface area contributed by atoms with E-state index in [2.05, 4.69) is 35.6 Å². The zero-order chi connectivity index (χ0) is 19.2. The molecule has 0 atom stereocenters. The number of carboxylic acids is 1. The van der Waals surface area contributed by atoms with Crippen molar-refractivity contribution in [3.8, 4) is 5.75 Å². The summed E-state index contributed by atoms with van der Waals surface area (Å²) in [5, 5.41) is 11.6. The number of nitrogens with one attached hydrogen (secondary N) is 1. The van der Waals surface area contributed by atoms with E-state index in [1.165, 1.54) is 18.4 Å². The molecule has 0 unspecified atom stereocenters. The summed E-state index contributed by atoms with van der Waals surface area (Å²) in [6.45, 7) is 1.89. The van der Waals surface area contributed by atoms with Crippen molar-refractivity contribution in [3.63, 3.8) is 0 Å². The van der Waals surface area contributed by atoms with E-state index in [1.807, 2.05) is 36.4 Å². The van der Waals surface area contributed by atoms with E-state index in [1.54, 1.807) is 0 Å². The molecule has 2 rings (SSSR count). The second kappa shape index (κ2) is 12.7. The summed E-state index contributed by atoms with van der Waals surface area (Å²) in [6, 6.07) is 18.6. The molecule has 2 aromatic carbocycles. The molecule has 27 heavy (non-hydrogen) atoms. The summed E-state index contributed by atoms with van der Waals surface area (Å²) in [5.74, 6) is 0.119. The summed E-state index contributed by atoms with van der Waals surface area (Å²) in [7, 11) is 0. The number of aliphatic carboxylic acids is 1. The van der Waals surface area contributed by atoms with E-state index in [0.717, 1.165) is 30.8 Å². The SMILES string of the molecule is O=C(O)CCNCC=Cc1ccc(OCCCCCc2ccccc2)cc1. The molecule has 0 fully saturated rings. The molecule has 4 heteroatoms. The van der Waals surface area contributed by atoms with Crippen LogP contribution in [0.3, 0.4) is 0 Å². The summed E-state index contributed by atoms with van der Waals surface area (Å²) in [4.78, 5) is 10.4. The molecular weight excluding hydrogens is 338 g/mol. The van der Waals surface area contributed by atoms with E-state index in [0.29, 0.717) is 13.1 Å². The Labute approximate surface area is 161 Å². The van der Waals surface area contributed by atoms with Crippen molar-refractivity contribution in [1.29, 1.82) is 0 Å². The van der Waals surface area contributed by atoms with Gasteiger partial charge >= 0.3 is 5.97 Å². The molecule has 0 aliphatic rings. The van der Waals surface area contributed by atoms with Crippen molar-refractivity contribution < 1.29 is 14.6 Å². The van der Waals surface area contributed by atoms with E-state index < -0.39 is 5.97 Å². The minimum atomic E-state index is -0.779. The number of hydrogen-bond donors (Lipinski definition) is 2. The van der Waals surface area contributed by atoms with Gasteiger partial charge < -0.3 is 15.2 Å². The maximum Gasteiger partial charge on any atom is 0.304 e. The van der Waals surface area contributed by atoms with Crippen molar-refractivity contribution in [2.45, 2.75) is 32.1 Å². The van der Waals surface area contributed by atoms with Crippen molar-refractivity contribution in [1.82, 2.24) is 5.32 Å². The fourth-order valence-corrected chi connectivity index (χ4v) is 2.69. The first-order valence-corrected chi connectivity index (χ1v) is 9.60. The highest BCUT2D eigenvalue weighted by molar-refractivity contribution is 5.66. The molecule has 0 amide bonds. The molecule has 0 spiro atoms. The second-order valence-electron chi connectivity index (χ2n) is 6.46. The summed E-state index contributed by atoms with van der Waals surface area (Å²) < 4.78 is 5.80. The van der Waals surface area contributed by atoms with Crippen LogP contribution in [0.2, 0.25) is 0 Å². The van der Waals surface area contributed by atoms with Gasteiger partial charge in [-0.3, -0.25) is 4.79 Å². The third kappa shape index (κ3) is 9.61. The zero-order valence-corrected chi connectivity index (χ0v) is 15.8. The van der Waals surface area contributed by atoms with E-state index in [4.69, 9.17) is 9.84 Å². The Hall–Kier alpha value is -2.59. The van der Waals surface area contributed by atoms with Crippen LogP contribution >= 0.6 is 0 Å². The average molecular weight is 367 g/mol. The zero-order valence-electron chi connectivity index (χ0n) is 15.8. The quantitative estimate of drug-likeness (QED) is 0.510. The Morgan fingerprint density at radius 1 is 1.00 bits per heavy atom. The van der Waals surface area contributed by atoms with Crippen molar-refractivity contribution in [3.05, 3.63) is 71.8 Å². The number of aryl methyl sites for hydroxylation is 1. The predicted octanol–water partition coefficient (Wildman–Crippen LogP) is 4.56. The van der Waals surface area contributed by atoms with Gasteiger partial charge in [0.1, 0.15) is 5.75 Å². The molecule has 4 nitrogen and oxygen atoms in total. The van der Waals surface area contributed by atoms with Crippen LogP contribution in [0.1, 0.15) is 36.8 Å². The molecule has 0 bridgehead atoms. The van der Waals surface area contributed by atoms with Crippen LogP contribution in [0.5, 0.6) is 5.75 Å².